The maximum Gasteiger partial charge on any atom is 0.319 e. The minimum Gasteiger partial charge on any atom is -0.338 e. The number of aromatic nitrogens is 1. The van der Waals surface area contributed by atoms with E-state index in [2.05, 4.69) is 4.98 Å². The highest BCUT2D eigenvalue weighted by atomic mass is 35.5. The number of amides is 1. The summed E-state index contributed by atoms with van der Waals surface area (Å²) in [7, 11) is 1.47. The Morgan fingerprint density at radius 1 is 1.74 bits per heavy atom. The number of rotatable bonds is 4. The first-order chi connectivity index (χ1) is 8.90. The van der Waals surface area contributed by atoms with Crippen molar-refractivity contribution in [3.63, 3.8) is 0 Å². The van der Waals surface area contributed by atoms with Gasteiger partial charge in [0.2, 0.25) is 5.15 Å². The second-order valence-corrected chi connectivity index (χ2v) is 4.24. The van der Waals surface area contributed by atoms with Crippen LogP contribution in [0.4, 0.5) is 5.69 Å². The summed E-state index contributed by atoms with van der Waals surface area (Å²) in [4.78, 5) is 27.2. The Bertz CT molecular complexity index is 555. The van der Waals surface area contributed by atoms with Gasteiger partial charge in [-0.3, -0.25) is 14.9 Å². The van der Waals surface area contributed by atoms with Gasteiger partial charge in [-0.2, -0.15) is 5.26 Å². The van der Waals surface area contributed by atoms with Crippen molar-refractivity contribution in [1.29, 1.82) is 5.26 Å². The first-order valence-electron chi connectivity index (χ1n) is 5.33. The number of hydrogen-bond donors (Lipinski definition) is 0. The van der Waals surface area contributed by atoms with Gasteiger partial charge in [0.15, 0.2) is 0 Å². The Morgan fingerprint density at radius 2 is 2.37 bits per heavy atom. The maximum atomic E-state index is 12.2. The molecule has 7 nitrogen and oxygen atoms in total. The SMILES string of the molecule is CC(CC#N)N(C)C(=O)c1ccnc(Cl)c1[N+](=O)[O-]. The molecule has 1 unspecified atom stereocenters. The maximum absolute atomic E-state index is 12.2. The van der Waals surface area contributed by atoms with E-state index < -0.39 is 16.5 Å². The van der Waals surface area contributed by atoms with Crippen molar-refractivity contribution < 1.29 is 9.72 Å². The molecule has 0 fully saturated rings. The van der Waals surface area contributed by atoms with Crippen LogP contribution in [0.5, 0.6) is 0 Å². The van der Waals surface area contributed by atoms with Crippen LogP contribution in [-0.4, -0.2) is 33.8 Å². The van der Waals surface area contributed by atoms with Crippen LogP contribution in [0, 0.1) is 21.4 Å². The molecule has 0 aliphatic rings. The van der Waals surface area contributed by atoms with Crippen LogP contribution in [0.3, 0.4) is 0 Å². The summed E-state index contributed by atoms with van der Waals surface area (Å²) in [6.45, 7) is 1.68. The lowest BCUT2D eigenvalue weighted by Gasteiger charge is -2.22. The van der Waals surface area contributed by atoms with Crippen LogP contribution >= 0.6 is 11.6 Å². The summed E-state index contributed by atoms with van der Waals surface area (Å²) < 4.78 is 0. The molecule has 1 aromatic rings. The molecule has 8 heteroatoms. The largest absolute Gasteiger partial charge is 0.338 e. The summed E-state index contributed by atoms with van der Waals surface area (Å²) in [5.74, 6) is -0.571. The van der Waals surface area contributed by atoms with Gasteiger partial charge in [-0.25, -0.2) is 4.98 Å². The molecule has 100 valence electrons. The fraction of sp³-hybridized carbons (Fsp3) is 0.364. The molecule has 0 spiro atoms. The molecule has 0 bridgehead atoms. The normalized spacial score (nSPS) is 11.5. The van der Waals surface area contributed by atoms with Gasteiger partial charge < -0.3 is 4.90 Å². The first-order valence-corrected chi connectivity index (χ1v) is 5.71. The highest BCUT2D eigenvalue weighted by Gasteiger charge is 2.28. The predicted octanol–water partition coefficient (Wildman–Crippen LogP) is 2.02. The fourth-order valence-electron chi connectivity index (χ4n) is 1.43. The molecule has 1 aromatic heterocycles. The zero-order chi connectivity index (χ0) is 14.6. The van der Waals surface area contributed by atoms with E-state index in [1.54, 1.807) is 6.92 Å². The average molecular weight is 283 g/mol. The lowest BCUT2D eigenvalue weighted by Crippen LogP contribution is -2.35. The Morgan fingerprint density at radius 3 is 2.89 bits per heavy atom. The van der Waals surface area contributed by atoms with Gasteiger partial charge in [-0.1, -0.05) is 11.6 Å². The van der Waals surface area contributed by atoms with Crippen LogP contribution in [0.15, 0.2) is 12.3 Å². The van der Waals surface area contributed by atoms with Crippen LogP contribution in [0.25, 0.3) is 0 Å². The molecule has 0 N–H and O–H groups in total. The molecule has 0 aliphatic heterocycles. The molecule has 1 amide bonds. The Kier molecular flexibility index (Phi) is 4.78. The molecule has 0 saturated carbocycles. The topological polar surface area (TPSA) is 100 Å². The smallest absolute Gasteiger partial charge is 0.319 e. The first kappa shape index (κ1) is 14.9. The molecule has 0 aromatic carbocycles. The minimum atomic E-state index is -0.745. The Balaban J connectivity index is 3.17. The van der Waals surface area contributed by atoms with Gasteiger partial charge in [0.1, 0.15) is 5.56 Å². The van der Waals surface area contributed by atoms with Crippen LogP contribution < -0.4 is 0 Å². The summed E-state index contributed by atoms with van der Waals surface area (Å²) in [5.41, 5.74) is -0.664. The van der Waals surface area contributed by atoms with Gasteiger partial charge in [0.25, 0.3) is 5.91 Å². The van der Waals surface area contributed by atoms with Crippen LogP contribution in [-0.2, 0) is 0 Å². The van der Waals surface area contributed by atoms with Gasteiger partial charge in [-0.05, 0) is 13.0 Å². The van der Waals surface area contributed by atoms with E-state index in [0.29, 0.717) is 0 Å². The number of nitro groups is 1. The average Bonchev–Trinajstić information content (AvgIpc) is 2.36. The quantitative estimate of drug-likeness (QED) is 0.478. The van der Waals surface area contributed by atoms with Crippen molar-refractivity contribution in [3.05, 3.63) is 33.1 Å². The molecule has 1 rings (SSSR count). The Labute approximate surface area is 114 Å². The molecule has 0 aliphatic carbocycles. The van der Waals surface area contributed by atoms with E-state index in [9.17, 15) is 14.9 Å². The summed E-state index contributed by atoms with van der Waals surface area (Å²) >= 11 is 5.64. The highest BCUT2D eigenvalue weighted by molar-refractivity contribution is 6.32. The number of nitrogens with zero attached hydrogens (tertiary/aromatic N) is 4. The number of hydrogen-bond acceptors (Lipinski definition) is 5. The molecular weight excluding hydrogens is 272 g/mol. The molecule has 1 atom stereocenters. The second kappa shape index (κ2) is 6.11. The van der Waals surface area contributed by atoms with Gasteiger partial charge in [0, 0.05) is 19.3 Å². The molecule has 0 radical (unpaired) electrons. The van der Waals surface area contributed by atoms with Crippen molar-refractivity contribution in [3.8, 4) is 6.07 Å². The fourth-order valence-corrected chi connectivity index (χ4v) is 1.66. The number of halogens is 1. The molecule has 1 heterocycles. The van der Waals surface area contributed by atoms with Crippen molar-refractivity contribution >= 4 is 23.2 Å². The lowest BCUT2D eigenvalue weighted by molar-refractivity contribution is -0.385. The number of carbonyl (C=O) groups is 1. The lowest BCUT2D eigenvalue weighted by atomic mass is 10.1. The van der Waals surface area contributed by atoms with E-state index in [1.807, 2.05) is 6.07 Å². The summed E-state index contributed by atoms with van der Waals surface area (Å²) in [6, 6.07) is 2.82. The summed E-state index contributed by atoms with van der Waals surface area (Å²) in [6.07, 6.45) is 1.36. The van der Waals surface area contributed by atoms with E-state index in [0.717, 1.165) is 0 Å². The van der Waals surface area contributed by atoms with Gasteiger partial charge in [-0.15, -0.1) is 0 Å². The zero-order valence-corrected chi connectivity index (χ0v) is 11.1. The van der Waals surface area contributed by atoms with Crippen LogP contribution in [0.1, 0.15) is 23.7 Å². The van der Waals surface area contributed by atoms with E-state index in [-0.39, 0.29) is 23.2 Å². The van der Waals surface area contributed by atoms with E-state index in [1.165, 1.54) is 24.2 Å². The molecule has 19 heavy (non-hydrogen) atoms. The van der Waals surface area contributed by atoms with Gasteiger partial charge in [0.05, 0.1) is 17.4 Å². The number of pyridine rings is 1. The zero-order valence-electron chi connectivity index (χ0n) is 10.3. The summed E-state index contributed by atoms with van der Waals surface area (Å²) in [5, 5.41) is 19.2. The third kappa shape index (κ3) is 3.17. The van der Waals surface area contributed by atoms with E-state index in [4.69, 9.17) is 16.9 Å². The predicted molar refractivity (Wildman–Crippen MR) is 67.7 cm³/mol. The monoisotopic (exact) mass is 282 g/mol. The second-order valence-electron chi connectivity index (χ2n) is 3.88. The number of carbonyl (C=O) groups excluding carboxylic acids is 1. The standard InChI is InChI=1S/C11H11ClN4O3/c1-7(3-5-13)15(2)11(17)8-4-6-14-10(12)9(8)16(18)19/h4,6-7H,3H2,1-2H3. The van der Waals surface area contributed by atoms with Crippen LogP contribution in [0.2, 0.25) is 5.15 Å². The Hall–Kier alpha value is -2.20. The third-order valence-corrected chi connectivity index (χ3v) is 2.94. The van der Waals surface area contributed by atoms with Gasteiger partial charge >= 0.3 is 5.69 Å². The van der Waals surface area contributed by atoms with Crippen molar-refractivity contribution in [2.45, 2.75) is 19.4 Å². The molecule has 0 saturated heterocycles. The van der Waals surface area contributed by atoms with Crippen molar-refractivity contribution in [2.75, 3.05) is 7.05 Å². The minimum absolute atomic E-state index is 0.134. The third-order valence-electron chi connectivity index (χ3n) is 2.66. The van der Waals surface area contributed by atoms with Crippen molar-refractivity contribution in [2.24, 2.45) is 0 Å². The molecular formula is C11H11ClN4O3. The van der Waals surface area contributed by atoms with E-state index >= 15 is 0 Å². The van der Waals surface area contributed by atoms with Crippen molar-refractivity contribution in [1.82, 2.24) is 9.88 Å². The highest BCUT2D eigenvalue weighted by Crippen LogP contribution is 2.27. The number of nitriles is 1.